The molecule has 1 aromatic heterocycles. The molecule has 0 fully saturated rings. The van der Waals surface area contributed by atoms with Gasteiger partial charge in [-0.1, -0.05) is 0 Å². The first-order chi connectivity index (χ1) is 8.19. The Labute approximate surface area is 99.8 Å². The van der Waals surface area contributed by atoms with Crippen LogP contribution in [0.15, 0.2) is 18.5 Å². The summed E-state index contributed by atoms with van der Waals surface area (Å²) in [6, 6.07) is 1.70. The Kier molecular flexibility index (Phi) is 4.93. The van der Waals surface area contributed by atoms with E-state index in [0.29, 0.717) is 17.8 Å². The van der Waals surface area contributed by atoms with Crippen molar-refractivity contribution in [1.82, 2.24) is 15.6 Å². The number of nitrogens with zero attached hydrogens (tertiary/aromatic N) is 1. The molecule has 0 radical (unpaired) electrons. The molecule has 6 nitrogen and oxygen atoms in total. The minimum Gasteiger partial charge on any atom is -0.387 e. The summed E-state index contributed by atoms with van der Waals surface area (Å²) in [4.78, 5) is 26.8. The molecule has 0 unspecified atom stereocenters. The highest BCUT2D eigenvalue weighted by atomic mass is 16.2. The van der Waals surface area contributed by atoms with E-state index in [-0.39, 0.29) is 18.4 Å². The molecule has 0 saturated carbocycles. The zero-order valence-corrected chi connectivity index (χ0v) is 9.91. The number of nitrogens with one attached hydrogen (secondary N) is 3. The van der Waals surface area contributed by atoms with E-state index in [2.05, 4.69) is 20.9 Å². The molecule has 0 aliphatic carbocycles. The SMILES string of the molecule is CCNC(=O)CNC(=O)c1cnccc1NC. The molecule has 0 atom stereocenters. The third-order valence-electron chi connectivity index (χ3n) is 2.12. The molecule has 1 aromatic rings. The van der Waals surface area contributed by atoms with Crippen molar-refractivity contribution in [3.8, 4) is 0 Å². The normalized spacial score (nSPS) is 9.53. The fraction of sp³-hybridized carbons (Fsp3) is 0.364. The van der Waals surface area contributed by atoms with Gasteiger partial charge >= 0.3 is 0 Å². The number of carbonyl (C=O) groups excluding carboxylic acids is 2. The lowest BCUT2D eigenvalue weighted by molar-refractivity contribution is -0.120. The van der Waals surface area contributed by atoms with Crippen molar-refractivity contribution >= 4 is 17.5 Å². The summed E-state index contributed by atoms with van der Waals surface area (Å²) < 4.78 is 0. The first kappa shape index (κ1) is 13.0. The number of likely N-dealkylation sites (N-methyl/N-ethyl adjacent to an activating group) is 1. The summed E-state index contributed by atoms with van der Waals surface area (Å²) in [5, 5.41) is 8.01. The molecule has 0 aliphatic heterocycles. The van der Waals surface area contributed by atoms with Gasteiger partial charge in [0.2, 0.25) is 5.91 Å². The van der Waals surface area contributed by atoms with E-state index in [4.69, 9.17) is 0 Å². The van der Waals surface area contributed by atoms with Gasteiger partial charge in [0.1, 0.15) is 0 Å². The third-order valence-corrected chi connectivity index (χ3v) is 2.12. The number of anilines is 1. The van der Waals surface area contributed by atoms with E-state index >= 15 is 0 Å². The lowest BCUT2D eigenvalue weighted by atomic mass is 10.2. The van der Waals surface area contributed by atoms with Crippen molar-refractivity contribution in [3.63, 3.8) is 0 Å². The molecule has 2 amide bonds. The van der Waals surface area contributed by atoms with Gasteiger partial charge in [-0.3, -0.25) is 14.6 Å². The van der Waals surface area contributed by atoms with E-state index in [1.807, 2.05) is 6.92 Å². The molecule has 1 heterocycles. The Morgan fingerprint density at radius 1 is 1.35 bits per heavy atom. The summed E-state index contributed by atoms with van der Waals surface area (Å²) in [5.41, 5.74) is 1.09. The van der Waals surface area contributed by atoms with Crippen molar-refractivity contribution < 1.29 is 9.59 Å². The van der Waals surface area contributed by atoms with Gasteiger partial charge in [0.25, 0.3) is 5.91 Å². The maximum atomic E-state index is 11.8. The van der Waals surface area contributed by atoms with Gasteiger partial charge < -0.3 is 16.0 Å². The van der Waals surface area contributed by atoms with Crippen molar-refractivity contribution in [2.45, 2.75) is 6.92 Å². The fourth-order valence-electron chi connectivity index (χ4n) is 1.31. The molecule has 92 valence electrons. The van der Waals surface area contributed by atoms with E-state index in [0.717, 1.165) is 0 Å². The van der Waals surface area contributed by atoms with Crippen LogP contribution in [0.3, 0.4) is 0 Å². The molecule has 0 spiro atoms. The third kappa shape index (κ3) is 3.75. The largest absolute Gasteiger partial charge is 0.387 e. The molecule has 0 saturated heterocycles. The Bertz CT molecular complexity index is 406. The second kappa shape index (κ2) is 6.47. The lowest BCUT2D eigenvalue weighted by Gasteiger charge is -2.08. The first-order valence-corrected chi connectivity index (χ1v) is 5.35. The number of rotatable bonds is 5. The highest BCUT2D eigenvalue weighted by molar-refractivity contribution is 6.00. The summed E-state index contributed by atoms with van der Waals surface area (Å²) >= 11 is 0. The first-order valence-electron chi connectivity index (χ1n) is 5.35. The summed E-state index contributed by atoms with van der Waals surface area (Å²) in [6.07, 6.45) is 3.05. The predicted molar refractivity (Wildman–Crippen MR) is 64.8 cm³/mol. The van der Waals surface area contributed by atoms with Gasteiger partial charge in [0.15, 0.2) is 0 Å². The van der Waals surface area contributed by atoms with Crippen LogP contribution in [-0.2, 0) is 4.79 Å². The van der Waals surface area contributed by atoms with Crippen LogP contribution in [0.4, 0.5) is 5.69 Å². The standard InChI is InChI=1S/C11H16N4O2/c1-3-14-10(16)7-15-11(17)8-6-13-5-4-9(8)12-2/h4-6H,3,7H2,1-2H3,(H,12,13)(H,14,16)(H,15,17). The fourth-order valence-corrected chi connectivity index (χ4v) is 1.31. The maximum Gasteiger partial charge on any atom is 0.255 e. The quantitative estimate of drug-likeness (QED) is 0.671. The molecule has 0 bridgehead atoms. The zero-order valence-electron chi connectivity index (χ0n) is 9.91. The van der Waals surface area contributed by atoms with Gasteiger partial charge in [-0.05, 0) is 13.0 Å². The van der Waals surface area contributed by atoms with E-state index < -0.39 is 0 Å². The van der Waals surface area contributed by atoms with Crippen molar-refractivity contribution in [1.29, 1.82) is 0 Å². The van der Waals surface area contributed by atoms with Gasteiger partial charge in [-0.2, -0.15) is 0 Å². The molecule has 6 heteroatoms. The average molecular weight is 236 g/mol. The van der Waals surface area contributed by atoms with Crippen LogP contribution in [0.2, 0.25) is 0 Å². The van der Waals surface area contributed by atoms with Crippen LogP contribution in [0.1, 0.15) is 17.3 Å². The van der Waals surface area contributed by atoms with Gasteiger partial charge in [-0.15, -0.1) is 0 Å². The van der Waals surface area contributed by atoms with Gasteiger partial charge in [-0.25, -0.2) is 0 Å². The Hall–Kier alpha value is -2.11. The number of hydrogen-bond acceptors (Lipinski definition) is 4. The highest BCUT2D eigenvalue weighted by Gasteiger charge is 2.11. The van der Waals surface area contributed by atoms with Crippen LogP contribution >= 0.6 is 0 Å². The van der Waals surface area contributed by atoms with Gasteiger partial charge in [0.05, 0.1) is 12.1 Å². The van der Waals surface area contributed by atoms with Crippen molar-refractivity contribution in [3.05, 3.63) is 24.0 Å². The predicted octanol–water partition coefficient (Wildman–Crippen LogP) is -0.0108. The molecule has 0 aliphatic rings. The molecule has 17 heavy (non-hydrogen) atoms. The molecular formula is C11H16N4O2. The Morgan fingerprint density at radius 2 is 2.12 bits per heavy atom. The summed E-state index contributed by atoms with van der Waals surface area (Å²) in [6.45, 7) is 2.33. The topological polar surface area (TPSA) is 83.1 Å². The molecular weight excluding hydrogens is 220 g/mol. The number of carbonyl (C=O) groups is 2. The van der Waals surface area contributed by atoms with Crippen molar-refractivity contribution in [2.75, 3.05) is 25.5 Å². The molecule has 0 aromatic carbocycles. The monoisotopic (exact) mass is 236 g/mol. The molecule has 1 rings (SSSR count). The van der Waals surface area contributed by atoms with Crippen LogP contribution in [-0.4, -0.2) is 36.9 Å². The van der Waals surface area contributed by atoms with E-state index in [9.17, 15) is 9.59 Å². The highest BCUT2D eigenvalue weighted by Crippen LogP contribution is 2.11. The van der Waals surface area contributed by atoms with Crippen LogP contribution < -0.4 is 16.0 Å². The van der Waals surface area contributed by atoms with Gasteiger partial charge in [0, 0.05) is 31.7 Å². The maximum absolute atomic E-state index is 11.8. The smallest absolute Gasteiger partial charge is 0.255 e. The number of amides is 2. The Morgan fingerprint density at radius 3 is 2.76 bits per heavy atom. The van der Waals surface area contributed by atoms with E-state index in [1.165, 1.54) is 6.20 Å². The number of pyridine rings is 1. The second-order valence-corrected chi connectivity index (χ2v) is 3.31. The summed E-state index contributed by atoms with van der Waals surface area (Å²) in [7, 11) is 1.72. The zero-order chi connectivity index (χ0) is 12.7. The molecule has 3 N–H and O–H groups in total. The lowest BCUT2D eigenvalue weighted by Crippen LogP contribution is -2.37. The van der Waals surface area contributed by atoms with Crippen LogP contribution in [0.25, 0.3) is 0 Å². The van der Waals surface area contributed by atoms with Crippen molar-refractivity contribution in [2.24, 2.45) is 0 Å². The van der Waals surface area contributed by atoms with Crippen LogP contribution in [0, 0.1) is 0 Å². The minimum absolute atomic E-state index is 0.0370. The van der Waals surface area contributed by atoms with E-state index in [1.54, 1.807) is 19.3 Å². The Balaban J connectivity index is 2.61. The second-order valence-electron chi connectivity index (χ2n) is 3.31. The number of aromatic nitrogens is 1. The van der Waals surface area contributed by atoms with Crippen LogP contribution in [0.5, 0.6) is 0 Å². The minimum atomic E-state index is -0.325. The average Bonchev–Trinajstić information content (AvgIpc) is 2.36. The number of hydrogen-bond donors (Lipinski definition) is 3. The summed E-state index contributed by atoms with van der Waals surface area (Å²) in [5.74, 6) is -0.538.